The smallest absolute Gasteiger partial charge is 0.410 e. The highest BCUT2D eigenvalue weighted by molar-refractivity contribution is 7.09. The van der Waals surface area contributed by atoms with Crippen LogP contribution in [-0.4, -0.2) is 101 Å². The van der Waals surface area contributed by atoms with Crippen LogP contribution in [0.3, 0.4) is 0 Å². The Kier molecular flexibility index (Phi) is 15.6. The highest BCUT2D eigenvalue weighted by Gasteiger charge is 2.27. The number of ether oxygens (including phenoxy) is 2. The van der Waals surface area contributed by atoms with Crippen LogP contribution in [0.1, 0.15) is 59.3 Å². The van der Waals surface area contributed by atoms with Gasteiger partial charge in [-0.2, -0.15) is 0 Å². The van der Waals surface area contributed by atoms with Crippen molar-refractivity contribution in [2.45, 2.75) is 70.8 Å². The number of nitrogens with zero attached hydrogens (tertiary/aromatic N) is 5. The van der Waals surface area contributed by atoms with Gasteiger partial charge in [0, 0.05) is 63.3 Å². The molecule has 0 saturated carbocycles. The van der Waals surface area contributed by atoms with E-state index in [2.05, 4.69) is 39.3 Å². The van der Waals surface area contributed by atoms with Crippen molar-refractivity contribution in [3.05, 3.63) is 104 Å². The van der Waals surface area contributed by atoms with Gasteiger partial charge in [0.25, 0.3) is 0 Å². The molecule has 4 amide bonds. The number of benzene rings is 2. The lowest BCUT2D eigenvalue weighted by atomic mass is 10.0. The zero-order chi connectivity index (χ0) is 37.4. The Morgan fingerprint density at radius 1 is 0.943 bits per heavy atom. The van der Waals surface area contributed by atoms with E-state index in [1.807, 2.05) is 66.0 Å². The number of amides is 4. The number of carbonyl (C=O) groups is 3. The molecule has 0 bridgehead atoms. The molecule has 0 unspecified atom stereocenters. The van der Waals surface area contributed by atoms with E-state index in [0.29, 0.717) is 64.6 Å². The fourth-order valence-electron chi connectivity index (χ4n) is 5.95. The summed E-state index contributed by atoms with van der Waals surface area (Å²) in [6, 6.07) is 18.3. The van der Waals surface area contributed by atoms with Crippen LogP contribution in [0, 0.1) is 0 Å². The Bertz CT molecular complexity index is 1680. The van der Waals surface area contributed by atoms with Gasteiger partial charge in [-0.05, 0) is 30.4 Å². The first-order valence-corrected chi connectivity index (χ1v) is 19.9. The third-order valence-corrected chi connectivity index (χ3v) is 10.9. The summed E-state index contributed by atoms with van der Waals surface area (Å²) in [7, 11) is 1.72. The van der Waals surface area contributed by atoms with E-state index in [-0.39, 0.29) is 24.6 Å². The number of thiazole rings is 2. The van der Waals surface area contributed by atoms with Crippen LogP contribution in [0.25, 0.3) is 0 Å². The summed E-state index contributed by atoms with van der Waals surface area (Å²) in [4.78, 5) is 56.3. The van der Waals surface area contributed by atoms with E-state index in [1.54, 1.807) is 39.9 Å². The van der Waals surface area contributed by atoms with Crippen molar-refractivity contribution >= 4 is 40.7 Å². The second kappa shape index (κ2) is 20.8. The molecule has 2 N–H and O–H groups in total. The van der Waals surface area contributed by atoms with Crippen molar-refractivity contribution in [3.63, 3.8) is 0 Å². The molecule has 4 aromatic rings. The predicted molar refractivity (Wildman–Crippen MR) is 208 cm³/mol. The van der Waals surface area contributed by atoms with Gasteiger partial charge >= 0.3 is 12.1 Å². The molecule has 0 radical (unpaired) electrons. The first-order chi connectivity index (χ1) is 25.7. The minimum atomic E-state index is -0.780. The van der Waals surface area contributed by atoms with E-state index in [4.69, 9.17) is 9.47 Å². The Morgan fingerprint density at radius 2 is 1.66 bits per heavy atom. The van der Waals surface area contributed by atoms with Crippen LogP contribution in [0.15, 0.2) is 77.8 Å². The average molecular weight is 762 g/mol. The third kappa shape index (κ3) is 13.2. The maximum Gasteiger partial charge on any atom is 0.410 e. The maximum absolute atomic E-state index is 14.2. The van der Waals surface area contributed by atoms with Gasteiger partial charge in [0.15, 0.2) is 0 Å². The Labute approximate surface area is 320 Å². The largest absolute Gasteiger partial charge is 0.444 e. The summed E-state index contributed by atoms with van der Waals surface area (Å²) in [5.74, 6) is 0.0453. The third-order valence-electron chi connectivity index (χ3n) is 8.98. The Balaban J connectivity index is 1.29. The van der Waals surface area contributed by atoms with Crippen LogP contribution in [0.4, 0.5) is 9.59 Å². The number of hydrogen-bond acceptors (Lipinski definition) is 10. The van der Waals surface area contributed by atoms with Gasteiger partial charge in [0.1, 0.15) is 12.6 Å². The molecule has 1 aliphatic rings. The molecule has 1 aliphatic heterocycles. The fraction of sp³-hybridized carbons (Fsp3) is 0.462. The van der Waals surface area contributed by atoms with Crippen molar-refractivity contribution in [1.82, 2.24) is 35.3 Å². The molecule has 2 aromatic heterocycles. The minimum absolute atomic E-state index is 0.138. The zero-order valence-electron chi connectivity index (χ0n) is 30.8. The number of urea groups is 1. The molecule has 0 spiro atoms. The molecule has 5 rings (SSSR count). The summed E-state index contributed by atoms with van der Waals surface area (Å²) >= 11 is 3.02. The fourth-order valence-corrected chi connectivity index (χ4v) is 7.29. The Hall–Kier alpha value is -4.37. The lowest BCUT2D eigenvalue weighted by Gasteiger charge is -2.30. The molecule has 0 aliphatic carbocycles. The molecular formula is C39H51N7O5S2. The van der Waals surface area contributed by atoms with Crippen LogP contribution in [0.5, 0.6) is 0 Å². The SMILES string of the molecule is CC(C)c1nc(CN(C)C(=O)N[C@H](CCN2CCOCC2)C(=O)N[C@H](CCN(Cc2ccccc2)C(=O)OCc2cncs2)Cc2ccccc2)cs1. The topological polar surface area (TPSA) is 129 Å². The van der Waals surface area contributed by atoms with Crippen LogP contribution in [0.2, 0.25) is 0 Å². The number of rotatable bonds is 18. The first kappa shape index (κ1) is 39.8. The van der Waals surface area contributed by atoms with Crippen molar-refractivity contribution in [2.75, 3.05) is 46.4 Å². The normalized spacial score (nSPS) is 14.3. The summed E-state index contributed by atoms with van der Waals surface area (Å²) in [5, 5.41) is 9.29. The lowest BCUT2D eigenvalue weighted by Crippen LogP contribution is -2.54. The zero-order valence-corrected chi connectivity index (χ0v) is 32.4. The minimum Gasteiger partial charge on any atom is -0.444 e. The van der Waals surface area contributed by atoms with Gasteiger partial charge in [-0.1, -0.05) is 74.5 Å². The molecular weight excluding hydrogens is 711 g/mol. The van der Waals surface area contributed by atoms with E-state index in [0.717, 1.165) is 39.8 Å². The quantitative estimate of drug-likeness (QED) is 0.128. The van der Waals surface area contributed by atoms with E-state index in [9.17, 15) is 14.4 Å². The molecule has 284 valence electrons. The molecule has 1 saturated heterocycles. The lowest BCUT2D eigenvalue weighted by molar-refractivity contribution is -0.124. The number of carbonyl (C=O) groups excluding carboxylic acids is 3. The number of nitrogens with one attached hydrogen (secondary N) is 2. The van der Waals surface area contributed by atoms with Gasteiger partial charge in [-0.3, -0.25) is 14.7 Å². The Morgan fingerprint density at radius 3 is 2.32 bits per heavy atom. The summed E-state index contributed by atoms with van der Waals surface area (Å²) in [5.41, 5.74) is 4.55. The highest BCUT2D eigenvalue weighted by atomic mass is 32.1. The first-order valence-electron chi connectivity index (χ1n) is 18.2. The monoisotopic (exact) mass is 761 g/mol. The predicted octanol–water partition coefficient (Wildman–Crippen LogP) is 5.91. The van der Waals surface area contributed by atoms with Crippen molar-refractivity contribution in [3.8, 4) is 0 Å². The van der Waals surface area contributed by atoms with Gasteiger partial charge in [-0.25, -0.2) is 14.6 Å². The second-order valence-electron chi connectivity index (χ2n) is 13.5. The molecule has 53 heavy (non-hydrogen) atoms. The number of morpholine rings is 1. The number of hydrogen-bond donors (Lipinski definition) is 2. The summed E-state index contributed by atoms with van der Waals surface area (Å²) < 4.78 is 11.2. The van der Waals surface area contributed by atoms with Crippen LogP contribution >= 0.6 is 22.7 Å². The van der Waals surface area contributed by atoms with Crippen molar-refractivity contribution < 1.29 is 23.9 Å². The maximum atomic E-state index is 14.2. The summed E-state index contributed by atoms with van der Waals surface area (Å²) in [6.07, 6.45) is 2.70. The molecule has 3 heterocycles. The number of aromatic nitrogens is 2. The van der Waals surface area contributed by atoms with Crippen LogP contribution < -0.4 is 10.6 Å². The molecule has 1 fully saturated rings. The standard InChI is InChI=1S/C39H51N7O5S2/c1-29(2)37-42-33(27-52-37)25-44(3)38(48)43-35(15-16-45-18-20-50-21-19-45)36(47)41-32(22-30-10-6-4-7-11-30)14-17-46(24-31-12-8-5-9-13-31)39(49)51-26-34-23-40-28-53-34/h4-13,23,27-29,32,35H,14-22,24-26H2,1-3H3,(H,41,47)(H,43,48)/t32-,35-/m1/s1. The molecule has 2 aromatic carbocycles. The second-order valence-corrected chi connectivity index (χ2v) is 15.4. The van der Waals surface area contributed by atoms with Crippen molar-refractivity contribution in [1.29, 1.82) is 0 Å². The molecule has 12 nitrogen and oxygen atoms in total. The summed E-state index contributed by atoms with van der Waals surface area (Å²) in [6.45, 7) is 8.83. The van der Waals surface area contributed by atoms with E-state index in [1.165, 1.54) is 11.3 Å². The van der Waals surface area contributed by atoms with Gasteiger partial charge in [0.2, 0.25) is 5.91 Å². The van der Waals surface area contributed by atoms with Gasteiger partial charge in [0.05, 0.1) is 40.8 Å². The van der Waals surface area contributed by atoms with Crippen LogP contribution in [-0.2, 0) is 40.4 Å². The van der Waals surface area contributed by atoms with Crippen molar-refractivity contribution in [2.24, 2.45) is 0 Å². The van der Waals surface area contributed by atoms with E-state index < -0.39 is 12.1 Å². The molecule has 2 atom stereocenters. The van der Waals surface area contributed by atoms with Gasteiger partial charge in [-0.15, -0.1) is 22.7 Å². The highest BCUT2D eigenvalue weighted by Crippen LogP contribution is 2.20. The molecule has 14 heteroatoms. The average Bonchev–Trinajstić information content (AvgIpc) is 3.88. The van der Waals surface area contributed by atoms with Gasteiger partial charge < -0.3 is 29.9 Å². The van der Waals surface area contributed by atoms with E-state index >= 15 is 0 Å².